The minimum absolute atomic E-state index is 0.0815. The van der Waals surface area contributed by atoms with Crippen LogP contribution < -0.4 is 10.6 Å². The van der Waals surface area contributed by atoms with E-state index < -0.39 is 26.5 Å². The van der Waals surface area contributed by atoms with Crippen molar-refractivity contribution in [2.75, 3.05) is 10.6 Å². The number of amides is 1. The van der Waals surface area contributed by atoms with Crippen LogP contribution in [0.2, 0.25) is 0 Å². The lowest BCUT2D eigenvalue weighted by Crippen LogP contribution is -2.15. The topological polar surface area (TPSA) is 162 Å². The summed E-state index contributed by atoms with van der Waals surface area (Å²) in [4.78, 5) is 22.1. The van der Waals surface area contributed by atoms with Gasteiger partial charge in [-0.25, -0.2) is 0 Å². The normalized spacial score (nSPS) is 11.3. The number of hydrogen-bond acceptors (Lipinski definition) is 7. The van der Waals surface area contributed by atoms with Crippen molar-refractivity contribution in [1.82, 2.24) is 0 Å². The third-order valence-electron chi connectivity index (χ3n) is 3.23. The summed E-state index contributed by atoms with van der Waals surface area (Å²) in [6, 6.07) is 12.1. The van der Waals surface area contributed by atoms with Crippen LogP contribution in [0, 0.1) is 21.4 Å². The van der Waals surface area contributed by atoms with E-state index in [1.54, 1.807) is 6.07 Å². The molecule has 2 aromatic carbocycles. The summed E-state index contributed by atoms with van der Waals surface area (Å²) in [5.74, 6) is -0.898. The first-order valence-electron chi connectivity index (χ1n) is 7.21. The summed E-state index contributed by atoms with van der Waals surface area (Å²) < 4.78 is 31.3. The second-order valence-electron chi connectivity index (χ2n) is 5.05. The summed E-state index contributed by atoms with van der Waals surface area (Å²) in [6.45, 7) is 0. The third-order valence-corrected chi connectivity index (χ3v) is 4.08. The summed E-state index contributed by atoms with van der Waals surface area (Å²) >= 11 is 0. The molecule has 10 nitrogen and oxygen atoms in total. The predicted octanol–water partition coefficient (Wildman–Crippen LogP) is 2.30. The SMILES string of the molecule is N#C/C(=C/Nc1cccc(S(=O)(=O)O)c1)C(=O)Nc1ccccc1[N+](=O)[O-]. The van der Waals surface area contributed by atoms with Crippen molar-refractivity contribution in [2.45, 2.75) is 4.90 Å². The molecule has 0 aromatic heterocycles. The lowest BCUT2D eigenvalue weighted by molar-refractivity contribution is -0.383. The first kappa shape index (κ1) is 19.6. The number of carbonyl (C=O) groups excluding carboxylic acids is 1. The van der Waals surface area contributed by atoms with E-state index in [4.69, 9.17) is 9.81 Å². The third kappa shape index (κ3) is 5.11. The van der Waals surface area contributed by atoms with Crippen molar-refractivity contribution in [3.8, 4) is 6.07 Å². The van der Waals surface area contributed by atoms with Crippen molar-refractivity contribution in [1.29, 1.82) is 5.26 Å². The van der Waals surface area contributed by atoms with Crippen LogP contribution in [-0.4, -0.2) is 23.8 Å². The molecule has 0 aliphatic heterocycles. The van der Waals surface area contributed by atoms with Crippen molar-refractivity contribution in [2.24, 2.45) is 0 Å². The Kier molecular flexibility index (Phi) is 5.86. The number of nitro benzene ring substituents is 1. The molecule has 11 heteroatoms. The standard InChI is InChI=1S/C16H12N4O6S/c17-9-11(10-18-12-4-3-5-13(8-12)27(24,25)26)16(21)19-14-6-1-2-7-15(14)20(22)23/h1-8,10,18H,(H,19,21)(H,24,25,26)/b11-10-. The second kappa shape index (κ2) is 8.09. The Morgan fingerprint density at radius 3 is 2.56 bits per heavy atom. The highest BCUT2D eigenvalue weighted by Gasteiger charge is 2.17. The van der Waals surface area contributed by atoms with E-state index in [0.717, 1.165) is 18.3 Å². The zero-order valence-electron chi connectivity index (χ0n) is 13.5. The highest BCUT2D eigenvalue weighted by atomic mass is 32.2. The molecule has 0 saturated heterocycles. The first-order valence-corrected chi connectivity index (χ1v) is 8.65. The van der Waals surface area contributed by atoms with Crippen LogP contribution in [0.4, 0.5) is 17.1 Å². The number of nitriles is 1. The molecule has 0 unspecified atom stereocenters. The van der Waals surface area contributed by atoms with Gasteiger partial charge < -0.3 is 10.6 Å². The van der Waals surface area contributed by atoms with Gasteiger partial charge in [-0.3, -0.25) is 19.5 Å². The number of nitrogens with zero attached hydrogens (tertiary/aromatic N) is 2. The van der Waals surface area contributed by atoms with Crippen molar-refractivity contribution in [3.63, 3.8) is 0 Å². The van der Waals surface area contributed by atoms with Gasteiger partial charge in [0.15, 0.2) is 0 Å². The summed E-state index contributed by atoms with van der Waals surface area (Å²) in [6.07, 6.45) is 1.01. The van der Waals surface area contributed by atoms with Crippen molar-refractivity contribution in [3.05, 3.63) is 70.4 Å². The van der Waals surface area contributed by atoms with E-state index in [1.165, 1.54) is 36.4 Å². The van der Waals surface area contributed by atoms with Gasteiger partial charge in [-0.2, -0.15) is 13.7 Å². The molecule has 0 saturated carbocycles. The number of benzene rings is 2. The molecule has 27 heavy (non-hydrogen) atoms. The molecule has 138 valence electrons. The molecular weight excluding hydrogens is 376 g/mol. The Balaban J connectivity index is 2.21. The van der Waals surface area contributed by atoms with E-state index >= 15 is 0 Å². The number of rotatable bonds is 6. The molecule has 0 atom stereocenters. The van der Waals surface area contributed by atoms with Crippen molar-refractivity contribution < 1.29 is 22.7 Å². The first-order chi connectivity index (χ1) is 12.7. The van der Waals surface area contributed by atoms with Crippen LogP contribution in [0.5, 0.6) is 0 Å². The number of hydrogen-bond donors (Lipinski definition) is 3. The van der Waals surface area contributed by atoms with Gasteiger partial charge in [0, 0.05) is 18.0 Å². The molecule has 0 aliphatic carbocycles. The zero-order chi connectivity index (χ0) is 20.0. The maximum absolute atomic E-state index is 12.2. The number of nitro groups is 1. The molecule has 0 bridgehead atoms. The van der Waals surface area contributed by atoms with Crippen LogP contribution in [-0.2, 0) is 14.9 Å². The Labute approximate surface area is 153 Å². The van der Waals surface area contributed by atoms with Crippen LogP contribution in [0.25, 0.3) is 0 Å². The lowest BCUT2D eigenvalue weighted by Gasteiger charge is -2.06. The van der Waals surface area contributed by atoms with Crippen LogP contribution in [0.15, 0.2) is 65.2 Å². The van der Waals surface area contributed by atoms with E-state index in [9.17, 15) is 23.3 Å². The van der Waals surface area contributed by atoms with Crippen LogP contribution in [0.1, 0.15) is 0 Å². The molecule has 3 N–H and O–H groups in total. The molecule has 0 aliphatic rings. The largest absolute Gasteiger partial charge is 0.360 e. The average molecular weight is 388 g/mol. The van der Waals surface area contributed by atoms with Gasteiger partial charge in [0.05, 0.1) is 9.82 Å². The number of carbonyl (C=O) groups is 1. The Morgan fingerprint density at radius 1 is 1.22 bits per heavy atom. The molecule has 0 radical (unpaired) electrons. The summed E-state index contributed by atoms with van der Waals surface area (Å²) in [7, 11) is -4.41. The molecule has 0 heterocycles. The molecule has 2 rings (SSSR count). The van der Waals surface area contributed by atoms with E-state index in [2.05, 4.69) is 10.6 Å². The van der Waals surface area contributed by atoms with Gasteiger partial charge in [0.1, 0.15) is 17.3 Å². The van der Waals surface area contributed by atoms with E-state index in [0.29, 0.717) is 0 Å². The summed E-state index contributed by atoms with van der Waals surface area (Å²) in [5, 5.41) is 24.9. The van der Waals surface area contributed by atoms with Crippen molar-refractivity contribution >= 4 is 33.1 Å². The van der Waals surface area contributed by atoms with Gasteiger partial charge >= 0.3 is 0 Å². The molecule has 2 aromatic rings. The van der Waals surface area contributed by atoms with Gasteiger partial charge in [0.2, 0.25) is 0 Å². The predicted molar refractivity (Wildman–Crippen MR) is 95.3 cm³/mol. The van der Waals surface area contributed by atoms with Gasteiger partial charge in [0.25, 0.3) is 21.7 Å². The van der Waals surface area contributed by atoms with Crippen LogP contribution in [0.3, 0.4) is 0 Å². The van der Waals surface area contributed by atoms with Crippen LogP contribution >= 0.6 is 0 Å². The minimum Gasteiger partial charge on any atom is -0.360 e. The maximum atomic E-state index is 12.2. The lowest BCUT2D eigenvalue weighted by atomic mass is 10.2. The highest BCUT2D eigenvalue weighted by molar-refractivity contribution is 7.85. The zero-order valence-corrected chi connectivity index (χ0v) is 14.3. The average Bonchev–Trinajstić information content (AvgIpc) is 2.62. The maximum Gasteiger partial charge on any atom is 0.294 e. The monoisotopic (exact) mass is 388 g/mol. The van der Waals surface area contributed by atoms with E-state index in [1.807, 2.05) is 0 Å². The fraction of sp³-hybridized carbons (Fsp3) is 0. The quantitative estimate of drug-likeness (QED) is 0.223. The minimum atomic E-state index is -4.41. The highest BCUT2D eigenvalue weighted by Crippen LogP contribution is 2.23. The molecule has 1 amide bonds. The van der Waals surface area contributed by atoms with Gasteiger partial charge in [-0.15, -0.1) is 0 Å². The Morgan fingerprint density at radius 2 is 1.93 bits per heavy atom. The number of anilines is 2. The molecular formula is C16H12N4O6S. The fourth-order valence-electron chi connectivity index (χ4n) is 1.98. The fourth-order valence-corrected chi connectivity index (χ4v) is 2.51. The second-order valence-corrected chi connectivity index (χ2v) is 6.47. The molecule has 0 spiro atoms. The molecule has 0 fully saturated rings. The van der Waals surface area contributed by atoms with E-state index in [-0.39, 0.29) is 22.0 Å². The Hall–Kier alpha value is -3.75. The number of nitrogens with one attached hydrogen (secondary N) is 2. The van der Waals surface area contributed by atoms with Gasteiger partial charge in [-0.1, -0.05) is 18.2 Å². The summed E-state index contributed by atoms with van der Waals surface area (Å²) in [5.41, 5.74) is -0.638. The number of para-hydroxylation sites is 2. The smallest absolute Gasteiger partial charge is 0.294 e. The Bertz CT molecular complexity index is 1070. The van der Waals surface area contributed by atoms with Gasteiger partial charge in [-0.05, 0) is 24.3 Å².